The number of aliphatic hydroxyl groups excluding tert-OH is 2. The number of hydrogen-bond acceptors (Lipinski definition) is 5. The van der Waals surface area contributed by atoms with Gasteiger partial charge in [0, 0.05) is 17.2 Å². The van der Waals surface area contributed by atoms with Crippen LogP contribution in [0.3, 0.4) is 0 Å². The topological polar surface area (TPSA) is 84.9 Å². The first-order valence-corrected chi connectivity index (χ1v) is 8.94. The van der Waals surface area contributed by atoms with Crippen molar-refractivity contribution in [3.8, 4) is 11.5 Å². The Bertz CT molecular complexity index is 619. The summed E-state index contributed by atoms with van der Waals surface area (Å²) < 4.78 is 10.6. The summed E-state index contributed by atoms with van der Waals surface area (Å²) in [5.41, 5.74) is 7.73. The highest BCUT2D eigenvalue weighted by molar-refractivity contribution is 5.35. The maximum absolute atomic E-state index is 10.4. The normalized spacial score (nSPS) is 13.5. The van der Waals surface area contributed by atoms with Gasteiger partial charge in [-0.1, -0.05) is 36.4 Å². The van der Waals surface area contributed by atoms with Crippen molar-refractivity contribution in [1.82, 2.24) is 0 Å². The Morgan fingerprint density at radius 1 is 0.731 bits per heavy atom. The number of para-hydroxylation sites is 2. The molecule has 0 saturated heterocycles. The molecule has 0 aliphatic heterocycles. The fraction of sp³-hybridized carbons (Fsp3) is 0.429. The number of rotatable bonds is 10. The monoisotopic (exact) mass is 359 g/mol. The highest BCUT2D eigenvalue weighted by Gasteiger charge is 2.17. The van der Waals surface area contributed by atoms with Crippen molar-refractivity contribution in [2.75, 3.05) is 14.2 Å². The molecule has 5 nitrogen and oxygen atoms in total. The van der Waals surface area contributed by atoms with Crippen LogP contribution in [0.4, 0.5) is 0 Å². The molecule has 0 aliphatic carbocycles. The van der Waals surface area contributed by atoms with Gasteiger partial charge in [0.15, 0.2) is 0 Å². The maximum Gasteiger partial charge on any atom is 0.124 e. The van der Waals surface area contributed by atoms with Crippen LogP contribution in [0.2, 0.25) is 0 Å². The van der Waals surface area contributed by atoms with Crippen molar-refractivity contribution >= 4 is 0 Å². The first-order chi connectivity index (χ1) is 12.6. The molecule has 0 heterocycles. The van der Waals surface area contributed by atoms with Gasteiger partial charge in [-0.2, -0.15) is 0 Å². The van der Waals surface area contributed by atoms with E-state index in [9.17, 15) is 10.2 Å². The van der Waals surface area contributed by atoms with Crippen LogP contribution in [0.15, 0.2) is 48.5 Å². The van der Waals surface area contributed by atoms with Crippen molar-refractivity contribution in [2.45, 2.75) is 43.9 Å². The first kappa shape index (κ1) is 20.2. The van der Waals surface area contributed by atoms with E-state index in [4.69, 9.17) is 15.2 Å². The molecule has 0 bridgehead atoms. The second-order valence-corrected chi connectivity index (χ2v) is 6.43. The van der Waals surface area contributed by atoms with E-state index >= 15 is 0 Å². The van der Waals surface area contributed by atoms with Gasteiger partial charge in [0.05, 0.1) is 26.4 Å². The van der Waals surface area contributed by atoms with Gasteiger partial charge in [0.1, 0.15) is 11.5 Å². The zero-order chi connectivity index (χ0) is 18.9. The van der Waals surface area contributed by atoms with Crippen LogP contribution in [-0.2, 0) is 0 Å². The number of aliphatic hydroxyl groups is 2. The summed E-state index contributed by atoms with van der Waals surface area (Å²) >= 11 is 0. The quantitative estimate of drug-likeness (QED) is 0.606. The van der Waals surface area contributed by atoms with Crippen molar-refractivity contribution in [1.29, 1.82) is 0 Å². The van der Waals surface area contributed by atoms with Gasteiger partial charge in [-0.25, -0.2) is 0 Å². The smallest absolute Gasteiger partial charge is 0.124 e. The Morgan fingerprint density at radius 2 is 1.12 bits per heavy atom. The lowest BCUT2D eigenvalue weighted by Crippen LogP contribution is -2.21. The average molecular weight is 359 g/mol. The largest absolute Gasteiger partial charge is 0.496 e. The lowest BCUT2D eigenvalue weighted by molar-refractivity contribution is 0.146. The van der Waals surface area contributed by atoms with Crippen LogP contribution >= 0.6 is 0 Å². The molecule has 26 heavy (non-hydrogen) atoms. The molecule has 0 amide bonds. The molecule has 2 atom stereocenters. The van der Waals surface area contributed by atoms with Gasteiger partial charge in [-0.05, 0) is 37.8 Å². The summed E-state index contributed by atoms with van der Waals surface area (Å²) in [6.07, 6.45) is 1.20. The zero-order valence-corrected chi connectivity index (χ0v) is 15.5. The molecule has 0 spiro atoms. The average Bonchev–Trinajstić information content (AvgIpc) is 2.69. The molecule has 2 aromatic carbocycles. The minimum Gasteiger partial charge on any atom is -0.496 e. The molecule has 2 rings (SSSR count). The third-order valence-corrected chi connectivity index (χ3v) is 4.62. The summed E-state index contributed by atoms with van der Waals surface area (Å²) in [7, 11) is 3.19. The second-order valence-electron chi connectivity index (χ2n) is 6.43. The molecule has 0 fully saturated rings. The van der Waals surface area contributed by atoms with Gasteiger partial charge in [0.25, 0.3) is 0 Å². The van der Waals surface area contributed by atoms with Gasteiger partial charge < -0.3 is 25.4 Å². The fourth-order valence-corrected chi connectivity index (χ4v) is 3.08. The van der Waals surface area contributed by atoms with Gasteiger partial charge in [-0.3, -0.25) is 0 Å². The van der Waals surface area contributed by atoms with Gasteiger partial charge in [0.2, 0.25) is 0 Å². The predicted octanol–water partition coefficient (Wildman–Crippen LogP) is 3.36. The van der Waals surface area contributed by atoms with Crippen LogP contribution in [0, 0.1) is 0 Å². The van der Waals surface area contributed by atoms with Crippen LogP contribution in [0.25, 0.3) is 0 Å². The minimum atomic E-state index is -0.614. The molecule has 5 heteroatoms. The third kappa shape index (κ3) is 5.46. The van der Waals surface area contributed by atoms with Crippen LogP contribution in [-0.4, -0.2) is 30.5 Å². The van der Waals surface area contributed by atoms with Gasteiger partial charge in [-0.15, -0.1) is 0 Å². The second kappa shape index (κ2) is 10.2. The third-order valence-electron chi connectivity index (χ3n) is 4.62. The molecule has 2 aromatic rings. The molecule has 4 N–H and O–H groups in total. The Balaban J connectivity index is 1.82. The number of methoxy groups -OCH3 is 2. The number of hydrogen-bond donors (Lipinski definition) is 3. The van der Waals surface area contributed by atoms with E-state index in [0.717, 1.165) is 11.1 Å². The van der Waals surface area contributed by atoms with Crippen LogP contribution in [0.5, 0.6) is 11.5 Å². The maximum atomic E-state index is 10.4. The summed E-state index contributed by atoms with van der Waals surface area (Å²) in [5.74, 6) is 1.36. The van der Waals surface area contributed by atoms with E-state index in [1.807, 2.05) is 48.5 Å². The Hall–Kier alpha value is -2.08. The Labute approximate surface area is 155 Å². The molecule has 0 unspecified atom stereocenters. The zero-order valence-electron chi connectivity index (χ0n) is 15.5. The van der Waals surface area contributed by atoms with E-state index in [0.29, 0.717) is 37.2 Å². The van der Waals surface area contributed by atoms with Crippen molar-refractivity contribution in [2.24, 2.45) is 5.73 Å². The summed E-state index contributed by atoms with van der Waals surface area (Å²) in [4.78, 5) is 0. The van der Waals surface area contributed by atoms with Crippen LogP contribution in [0.1, 0.15) is 49.0 Å². The highest BCUT2D eigenvalue weighted by Crippen LogP contribution is 2.30. The van der Waals surface area contributed by atoms with E-state index in [1.165, 1.54) is 0 Å². The Morgan fingerprint density at radius 3 is 1.50 bits per heavy atom. The molecular weight excluding hydrogens is 330 g/mol. The molecule has 0 saturated carbocycles. The lowest BCUT2D eigenvalue weighted by atomic mass is 9.96. The molecule has 0 aromatic heterocycles. The van der Waals surface area contributed by atoms with Crippen molar-refractivity contribution in [3.63, 3.8) is 0 Å². The Kier molecular flexibility index (Phi) is 7.91. The predicted molar refractivity (Wildman–Crippen MR) is 102 cm³/mol. The number of nitrogens with two attached hydrogens (primary N) is 1. The fourth-order valence-electron chi connectivity index (χ4n) is 3.08. The SMILES string of the molecule is COc1ccccc1[C@H](O)CCC(N)CC[C@@H](O)c1ccccc1OC. The molecule has 0 aliphatic rings. The van der Waals surface area contributed by atoms with Crippen LogP contribution < -0.4 is 15.2 Å². The molecular formula is C21H29NO4. The lowest BCUT2D eigenvalue weighted by Gasteiger charge is -2.19. The summed E-state index contributed by atoms with van der Waals surface area (Å²) in [6, 6.07) is 14.8. The standard InChI is InChI=1S/C21H29NO4/c1-25-20-9-5-3-7-16(20)18(23)13-11-15(22)12-14-19(24)17-8-4-6-10-21(17)26-2/h3-10,15,18-19,23-24H,11-14,22H2,1-2H3/t18-,19-/m1/s1. The summed E-state index contributed by atoms with van der Waals surface area (Å²) in [5, 5.41) is 20.8. The molecule has 142 valence electrons. The van der Waals surface area contributed by atoms with E-state index in [1.54, 1.807) is 14.2 Å². The van der Waals surface area contributed by atoms with Crippen molar-refractivity contribution < 1.29 is 19.7 Å². The molecule has 0 radical (unpaired) electrons. The van der Waals surface area contributed by atoms with E-state index in [-0.39, 0.29) is 6.04 Å². The van der Waals surface area contributed by atoms with E-state index < -0.39 is 12.2 Å². The number of benzene rings is 2. The van der Waals surface area contributed by atoms with Crippen molar-refractivity contribution in [3.05, 3.63) is 59.7 Å². The van der Waals surface area contributed by atoms with Gasteiger partial charge >= 0.3 is 0 Å². The first-order valence-electron chi connectivity index (χ1n) is 8.94. The van der Waals surface area contributed by atoms with E-state index in [2.05, 4.69) is 0 Å². The minimum absolute atomic E-state index is 0.0938. The summed E-state index contributed by atoms with van der Waals surface area (Å²) in [6.45, 7) is 0. The highest BCUT2D eigenvalue weighted by atomic mass is 16.5. The number of ether oxygens (including phenoxy) is 2.